The second kappa shape index (κ2) is 4.05. The number of hydrogen-bond acceptors (Lipinski definition) is 2. The molecule has 1 aliphatic rings. The van der Waals surface area contributed by atoms with Crippen LogP contribution in [-0.4, -0.2) is 41.9 Å². The van der Waals surface area contributed by atoms with Crippen LogP contribution < -0.4 is 0 Å². The van der Waals surface area contributed by atoms with E-state index in [2.05, 4.69) is 4.85 Å². The van der Waals surface area contributed by atoms with Gasteiger partial charge in [0.05, 0.1) is 6.54 Å². The van der Waals surface area contributed by atoms with Gasteiger partial charge in [-0.25, -0.2) is 15.8 Å². The van der Waals surface area contributed by atoms with Gasteiger partial charge in [-0.15, -0.1) is 0 Å². The van der Waals surface area contributed by atoms with E-state index in [0.717, 1.165) is 0 Å². The maximum atomic E-state index is 13.2. The largest absolute Gasteiger partial charge is 0.444 e. The van der Waals surface area contributed by atoms with E-state index in [1.54, 1.807) is 20.8 Å². The first kappa shape index (κ1) is 11.8. The highest BCUT2D eigenvalue weighted by atomic mass is 19.1. The van der Waals surface area contributed by atoms with Crippen LogP contribution in [0.1, 0.15) is 20.8 Å². The Kier molecular flexibility index (Phi) is 3.18. The maximum Gasteiger partial charge on any atom is 0.410 e. The fourth-order valence-corrected chi connectivity index (χ4v) is 1.34. The summed E-state index contributed by atoms with van der Waals surface area (Å²) < 4.78 is 18.2. The van der Waals surface area contributed by atoms with E-state index in [-0.39, 0.29) is 13.1 Å². The van der Waals surface area contributed by atoms with Crippen molar-refractivity contribution in [3.05, 3.63) is 11.4 Å². The highest BCUT2D eigenvalue weighted by Gasteiger charge is 2.41. The SMILES string of the molecule is [C-]#[N+]C1CN(C(=O)OC(C)(C)C)CC1F. The zero-order chi connectivity index (χ0) is 11.6. The monoisotopic (exact) mass is 214 g/mol. The van der Waals surface area contributed by atoms with Gasteiger partial charge in [0.2, 0.25) is 0 Å². The molecule has 1 aliphatic heterocycles. The molecule has 4 nitrogen and oxygen atoms in total. The van der Waals surface area contributed by atoms with Crippen molar-refractivity contribution in [2.45, 2.75) is 38.6 Å². The maximum absolute atomic E-state index is 13.2. The second-order valence-corrected chi connectivity index (χ2v) is 4.60. The van der Waals surface area contributed by atoms with Gasteiger partial charge in [-0.05, 0) is 20.8 Å². The second-order valence-electron chi connectivity index (χ2n) is 4.60. The lowest BCUT2D eigenvalue weighted by Crippen LogP contribution is -2.35. The van der Waals surface area contributed by atoms with Crippen molar-refractivity contribution in [3.8, 4) is 0 Å². The molecule has 0 N–H and O–H groups in total. The molecule has 0 spiro atoms. The molecule has 1 heterocycles. The lowest BCUT2D eigenvalue weighted by molar-refractivity contribution is 0.0284. The van der Waals surface area contributed by atoms with Crippen LogP contribution in [0.2, 0.25) is 0 Å². The predicted octanol–water partition coefficient (Wildman–Crippen LogP) is 1.86. The zero-order valence-electron chi connectivity index (χ0n) is 9.16. The molecule has 2 atom stereocenters. The van der Waals surface area contributed by atoms with Gasteiger partial charge in [0.1, 0.15) is 12.1 Å². The molecule has 0 bridgehead atoms. The first-order valence-electron chi connectivity index (χ1n) is 4.82. The van der Waals surface area contributed by atoms with Crippen LogP contribution in [0.4, 0.5) is 9.18 Å². The van der Waals surface area contributed by atoms with E-state index < -0.39 is 23.9 Å². The van der Waals surface area contributed by atoms with E-state index >= 15 is 0 Å². The fraction of sp³-hybridized carbons (Fsp3) is 0.800. The van der Waals surface area contributed by atoms with Crippen molar-refractivity contribution in [2.75, 3.05) is 13.1 Å². The Labute approximate surface area is 88.8 Å². The molecule has 1 saturated heterocycles. The molecule has 0 aromatic heterocycles. The lowest BCUT2D eigenvalue weighted by atomic mass is 10.2. The van der Waals surface area contributed by atoms with Crippen molar-refractivity contribution in [3.63, 3.8) is 0 Å². The summed E-state index contributed by atoms with van der Waals surface area (Å²) in [6.07, 6.45) is -1.80. The smallest absolute Gasteiger partial charge is 0.410 e. The van der Waals surface area contributed by atoms with Gasteiger partial charge in [0.25, 0.3) is 6.04 Å². The van der Waals surface area contributed by atoms with Crippen molar-refractivity contribution in [1.82, 2.24) is 4.90 Å². The molecule has 0 aromatic carbocycles. The molecule has 0 saturated carbocycles. The highest BCUT2D eigenvalue weighted by molar-refractivity contribution is 5.68. The molecule has 15 heavy (non-hydrogen) atoms. The Bertz CT molecular complexity index is 293. The van der Waals surface area contributed by atoms with Crippen molar-refractivity contribution in [1.29, 1.82) is 0 Å². The number of likely N-dealkylation sites (tertiary alicyclic amines) is 1. The van der Waals surface area contributed by atoms with Crippen LogP contribution in [0, 0.1) is 6.57 Å². The first-order valence-corrected chi connectivity index (χ1v) is 4.82. The standard InChI is InChI=1S/C10H15FN2O2/c1-10(2,3)15-9(14)13-5-7(11)8(6-13)12-4/h7-8H,5-6H2,1-3H3. The predicted molar refractivity (Wildman–Crippen MR) is 53.1 cm³/mol. The van der Waals surface area contributed by atoms with Crippen LogP contribution in [-0.2, 0) is 4.74 Å². The summed E-state index contributed by atoms with van der Waals surface area (Å²) in [5, 5.41) is 0. The minimum atomic E-state index is -1.25. The number of amides is 1. The Morgan fingerprint density at radius 1 is 1.53 bits per heavy atom. The lowest BCUT2D eigenvalue weighted by Gasteiger charge is -2.23. The number of nitrogens with zero attached hydrogens (tertiary/aromatic N) is 2. The minimum Gasteiger partial charge on any atom is -0.444 e. The zero-order valence-corrected chi connectivity index (χ0v) is 9.16. The first-order chi connectivity index (χ1) is 6.83. The molecule has 1 fully saturated rings. The van der Waals surface area contributed by atoms with Gasteiger partial charge in [-0.3, -0.25) is 4.90 Å². The van der Waals surface area contributed by atoms with E-state index in [1.807, 2.05) is 0 Å². The molecule has 1 amide bonds. The van der Waals surface area contributed by atoms with Crippen LogP contribution >= 0.6 is 0 Å². The Morgan fingerprint density at radius 3 is 2.53 bits per heavy atom. The molecule has 0 aromatic rings. The van der Waals surface area contributed by atoms with E-state index in [4.69, 9.17) is 11.3 Å². The number of halogens is 1. The number of carbonyl (C=O) groups is 1. The minimum absolute atomic E-state index is 0.0397. The fourth-order valence-electron chi connectivity index (χ4n) is 1.34. The van der Waals surface area contributed by atoms with E-state index in [9.17, 15) is 9.18 Å². The molecule has 0 radical (unpaired) electrons. The number of hydrogen-bond donors (Lipinski definition) is 0. The quantitative estimate of drug-likeness (QED) is 0.577. The van der Waals surface area contributed by atoms with Crippen LogP contribution in [0.25, 0.3) is 4.85 Å². The van der Waals surface area contributed by atoms with Gasteiger partial charge in [-0.2, -0.15) is 0 Å². The molecular weight excluding hydrogens is 199 g/mol. The topological polar surface area (TPSA) is 33.9 Å². The number of rotatable bonds is 0. The molecule has 84 valence electrons. The van der Waals surface area contributed by atoms with Crippen molar-refractivity contribution in [2.24, 2.45) is 0 Å². The third kappa shape index (κ3) is 3.08. The molecule has 2 unspecified atom stereocenters. The average molecular weight is 214 g/mol. The van der Waals surface area contributed by atoms with Gasteiger partial charge >= 0.3 is 6.09 Å². The van der Waals surface area contributed by atoms with Crippen molar-refractivity contribution >= 4 is 6.09 Å². The number of carbonyl (C=O) groups excluding carboxylic acids is 1. The Hall–Kier alpha value is -1.31. The number of alkyl halides is 1. The van der Waals surface area contributed by atoms with Crippen molar-refractivity contribution < 1.29 is 13.9 Å². The number of ether oxygens (including phenoxy) is 1. The normalized spacial score (nSPS) is 26.2. The Balaban J connectivity index is 2.54. The molecule has 1 rings (SSSR count). The molecule has 5 heteroatoms. The van der Waals surface area contributed by atoms with Crippen LogP contribution in [0.5, 0.6) is 0 Å². The van der Waals surface area contributed by atoms with Gasteiger partial charge in [0.15, 0.2) is 6.17 Å². The average Bonchev–Trinajstić information content (AvgIpc) is 2.43. The summed E-state index contributed by atoms with van der Waals surface area (Å²) in [5.41, 5.74) is -0.584. The summed E-state index contributed by atoms with van der Waals surface area (Å²) in [6.45, 7) is 12.1. The third-order valence-corrected chi connectivity index (χ3v) is 2.04. The third-order valence-electron chi connectivity index (χ3n) is 2.04. The summed E-state index contributed by atoms with van der Waals surface area (Å²) in [7, 11) is 0. The highest BCUT2D eigenvalue weighted by Crippen LogP contribution is 2.19. The summed E-state index contributed by atoms with van der Waals surface area (Å²) in [6, 6.07) is -0.738. The summed E-state index contributed by atoms with van der Waals surface area (Å²) in [5.74, 6) is 0. The van der Waals surface area contributed by atoms with E-state index in [1.165, 1.54) is 4.90 Å². The molecule has 0 aliphatic carbocycles. The van der Waals surface area contributed by atoms with Gasteiger partial charge in [0, 0.05) is 0 Å². The van der Waals surface area contributed by atoms with Gasteiger partial charge < -0.3 is 9.58 Å². The molecular formula is C10H15FN2O2. The summed E-state index contributed by atoms with van der Waals surface area (Å²) >= 11 is 0. The summed E-state index contributed by atoms with van der Waals surface area (Å²) in [4.78, 5) is 15.9. The van der Waals surface area contributed by atoms with Gasteiger partial charge in [-0.1, -0.05) is 0 Å². The van der Waals surface area contributed by atoms with Crippen LogP contribution in [0.3, 0.4) is 0 Å². The Morgan fingerprint density at radius 2 is 2.13 bits per heavy atom. The van der Waals surface area contributed by atoms with E-state index in [0.29, 0.717) is 0 Å². The van der Waals surface area contributed by atoms with Crippen LogP contribution in [0.15, 0.2) is 0 Å².